The third-order valence-electron chi connectivity index (χ3n) is 4.50. The summed E-state index contributed by atoms with van der Waals surface area (Å²) >= 11 is 0. The second-order valence-electron chi connectivity index (χ2n) is 6.44. The van der Waals surface area contributed by atoms with Crippen LogP contribution < -0.4 is 5.32 Å². The van der Waals surface area contributed by atoms with E-state index < -0.39 is 6.10 Å². The number of nitrogens with one attached hydrogen (secondary N) is 1. The van der Waals surface area contributed by atoms with E-state index >= 15 is 0 Å². The van der Waals surface area contributed by atoms with E-state index in [9.17, 15) is 9.90 Å². The average molecular weight is 329 g/mol. The van der Waals surface area contributed by atoms with Crippen LogP contribution >= 0.6 is 0 Å². The van der Waals surface area contributed by atoms with Gasteiger partial charge in [-0.2, -0.15) is 5.10 Å². The zero-order valence-corrected chi connectivity index (χ0v) is 15.1. The van der Waals surface area contributed by atoms with Gasteiger partial charge in [0.05, 0.1) is 17.4 Å². The fourth-order valence-electron chi connectivity index (χ4n) is 2.88. The molecule has 5 heteroatoms. The van der Waals surface area contributed by atoms with Crippen LogP contribution in [0.25, 0.3) is 0 Å². The van der Waals surface area contributed by atoms with Gasteiger partial charge in [-0.15, -0.1) is 0 Å². The van der Waals surface area contributed by atoms with Gasteiger partial charge >= 0.3 is 0 Å². The fraction of sp³-hybridized carbons (Fsp3) is 0.474. The Morgan fingerprint density at radius 2 is 1.88 bits per heavy atom. The molecule has 0 saturated heterocycles. The number of aromatic nitrogens is 2. The highest BCUT2D eigenvalue weighted by Gasteiger charge is 2.19. The van der Waals surface area contributed by atoms with Gasteiger partial charge in [0.1, 0.15) is 0 Å². The first kappa shape index (κ1) is 18.4. The summed E-state index contributed by atoms with van der Waals surface area (Å²) in [5.74, 6) is 0.0858. The van der Waals surface area contributed by atoms with Crippen molar-refractivity contribution in [3.05, 3.63) is 52.3 Å². The maximum atomic E-state index is 12.4. The van der Waals surface area contributed by atoms with Crippen molar-refractivity contribution >= 4 is 5.78 Å². The van der Waals surface area contributed by atoms with Crippen LogP contribution in [0, 0.1) is 20.8 Å². The van der Waals surface area contributed by atoms with Crippen LogP contribution in [0.5, 0.6) is 0 Å². The molecule has 5 nitrogen and oxygen atoms in total. The molecule has 2 rings (SSSR count). The van der Waals surface area contributed by atoms with Crippen molar-refractivity contribution in [1.29, 1.82) is 0 Å². The Bertz CT molecular complexity index is 704. The van der Waals surface area contributed by atoms with Gasteiger partial charge in [-0.1, -0.05) is 29.8 Å². The Morgan fingerprint density at radius 1 is 1.25 bits per heavy atom. The van der Waals surface area contributed by atoms with Gasteiger partial charge in [-0.05, 0) is 33.3 Å². The number of nitrogens with zero attached hydrogens (tertiary/aromatic N) is 2. The molecule has 0 spiro atoms. The zero-order valence-electron chi connectivity index (χ0n) is 15.1. The molecule has 2 N–H and O–H groups in total. The lowest BCUT2D eigenvalue weighted by atomic mass is 10.0. The number of aryl methyl sites for hydroxylation is 3. The second kappa shape index (κ2) is 7.73. The van der Waals surface area contributed by atoms with Crippen LogP contribution in [0.4, 0.5) is 0 Å². The monoisotopic (exact) mass is 329 g/mol. The third kappa shape index (κ3) is 4.10. The molecule has 0 radical (unpaired) electrons. The molecule has 1 aromatic heterocycles. The molecule has 2 atom stereocenters. The number of ketones is 1. The number of Topliss-reactive ketones (excluding diaryl/α,β-unsaturated/α-hetero) is 1. The van der Waals surface area contributed by atoms with Gasteiger partial charge in [0.25, 0.3) is 0 Å². The highest BCUT2D eigenvalue weighted by molar-refractivity contribution is 5.98. The minimum atomic E-state index is -0.595. The summed E-state index contributed by atoms with van der Waals surface area (Å²) in [6.07, 6.45) is -0.208. The Hall–Kier alpha value is -1.98. The Morgan fingerprint density at radius 3 is 2.42 bits per heavy atom. The summed E-state index contributed by atoms with van der Waals surface area (Å²) in [6.45, 7) is 8.24. The largest absolute Gasteiger partial charge is 0.387 e. The lowest BCUT2D eigenvalue weighted by Crippen LogP contribution is -2.33. The fourth-order valence-corrected chi connectivity index (χ4v) is 2.88. The molecule has 0 amide bonds. The number of rotatable bonds is 7. The minimum Gasteiger partial charge on any atom is -0.387 e. The van der Waals surface area contributed by atoms with Crippen LogP contribution in [0.1, 0.15) is 52.3 Å². The highest BCUT2D eigenvalue weighted by Crippen LogP contribution is 2.18. The van der Waals surface area contributed by atoms with Crippen molar-refractivity contribution < 1.29 is 9.90 Å². The summed E-state index contributed by atoms with van der Waals surface area (Å²) in [6, 6.07) is 7.72. The van der Waals surface area contributed by atoms with E-state index in [1.807, 2.05) is 59.0 Å². The van der Waals surface area contributed by atoms with E-state index in [1.165, 1.54) is 5.56 Å². The van der Waals surface area contributed by atoms with E-state index in [0.29, 0.717) is 18.5 Å². The number of carbonyl (C=O) groups excluding carboxylic acids is 1. The number of benzene rings is 1. The third-order valence-corrected chi connectivity index (χ3v) is 4.50. The van der Waals surface area contributed by atoms with Crippen molar-refractivity contribution in [3.8, 4) is 0 Å². The molecule has 0 bridgehead atoms. The minimum absolute atomic E-state index is 0.0858. The van der Waals surface area contributed by atoms with Gasteiger partial charge in [-0.3, -0.25) is 9.48 Å². The molecular weight excluding hydrogens is 302 g/mol. The van der Waals surface area contributed by atoms with Crippen LogP contribution in [-0.4, -0.2) is 33.3 Å². The van der Waals surface area contributed by atoms with Gasteiger partial charge in [0.15, 0.2) is 5.78 Å². The molecule has 24 heavy (non-hydrogen) atoms. The van der Waals surface area contributed by atoms with Crippen molar-refractivity contribution in [3.63, 3.8) is 0 Å². The molecule has 2 unspecified atom stereocenters. The quantitative estimate of drug-likeness (QED) is 0.766. The first-order chi connectivity index (χ1) is 11.3. The second-order valence-corrected chi connectivity index (χ2v) is 6.44. The predicted molar refractivity (Wildman–Crippen MR) is 95.2 cm³/mol. The summed E-state index contributed by atoms with van der Waals surface area (Å²) in [5, 5.41) is 17.9. The molecule has 2 aromatic rings. The van der Waals surface area contributed by atoms with Crippen LogP contribution in [0.15, 0.2) is 24.3 Å². The number of aliphatic hydroxyl groups is 1. The summed E-state index contributed by atoms with van der Waals surface area (Å²) in [5.41, 5.74) is 4.43. The molecule has 0 aliphatic heterocycles. The molecular formula is C19H27N3O2. The van der Waals surface area contributed by atoms with Crippen LogP contribution in [0.2, 0.25) is 0 Å². The van der Waals surface area contributed by atoms with E-state index in [4.69, 9.17) is 0 Å². The van der Waals surface area contributed by atoms with Crippen molar-refractivity contribution in [2.75, 3.05) is 6.54 Å². The van der Waals surface area contributed by atoms with Crippen molar-refractivity contribution in [2.24, 2.45) is 7.05 Å². The molecule has 130 valence electrons. The van der Waals surface area contributed by atoms with Gasteiger partial charge in [0.2, 0.25) is 0 Å². The number of aliphatic hydroxyl groups excluding tert-OH is 1. The molecule has 0 saturated carbocycles. The Labute approximate surface area is 143 Å². The van der Waals surface area contributed by atoms with Gasteiger partial charge < -0.3 is 10.4 Å². The Kier molecular flexibility index (Phi) is 5.91. The maximum Gasteiger partial charge on any atom is 0.167 e. The lowest BCUT2D eigenvalue weighted by Gasteiger charge is -2.20. The predicted octanol–water partition coefficient (Wildman–Crippen LogP) is 2.63. The molecule has 1 aromatic carbocycles. The molecule has 0 aliphatic carbocycles. The molecule has 0 aliphatic rings. The van der Waals surface area contributed by atoms with E-state index in [0.717, 1.165) is 17.0 Å². The van der Waals surface area contributed by atoms with E-state index in [2.05, 4.69) is 10.4 Å². The van der Waals surface area contributed by atoms with Gasteiger partial charge in [0, 0.05) is 31.7 Å². The van der Waals surface area contributed by atoms with Crippen molar-refractivity contribution in [2.45, 2.75) is 46.3 Å². The number of hydrogen-bond donors (Lipinski definition) is 2. The number of hydrogen-bond acceptors (Lipinski definition) is 4. The molecule has 0 fully saturated rings. The SMILES string of the molecule is Cc1ccc(C(O)C(C)NCCC(=O)c2c(C)nn(C)c2C)cc1. The van der Waals surface area contributed by atoms with Crippen LogP contribution in [0.3, 0.4) is 0 Å². The lowest BCUT2D eigenvalue weighted by molar-refractivity contribution is 0.0971. The first-order valence-electron chi connectivity index (χ1n) is 8.32. The number of carbonyl (C=O) groups is 1. The topological polar surface area (TPSA) is 67.2 Å². The van der Waals surface area contributed by atoms with E-state index in [-0.39, 0.29) is 11.8 Å². The first-order valence-corrected chi connectivity index (χ1v) is 8.32. The standard InChI is InChI=1S/C19H27N3O2/c1-12-6-8-16(9-7-12)19(24)14(3)20-11-10-17(23)18-13(2)21-22(5)15(18)4/h6-9,14,19-20,24H,10-11H2,1-5H3. The zero-order chi connectivity index (χ0) is 17.9. The summed E-state index contributed by atoms with van der Waals surface area (Å²) in [4.78, 5) is 12.4. The van der Waals surface area contributed by atoms with E-state index in [1.54, 1.807) is 4.68 Å². The smallest absolute Gasteiger partial charge is 0.167 e. The normalized spacial score (nSPS) is 13.8. The summed E-state index contributed by atoms with van der Waals surface area (Å²) in [7, 11) is 1.84. The summed E-state index contributed by atoms with van der Waals surface area (Å²) < 4.78 is 1.74. The maximum absolute atomic E-state index is 12.4. The highest BCUT2D eigenvalue weighted by atomic mass is 16.3. The van der Waals surface area contributed by atoms with Crippen LogP contribution in [-0.2, 0) is 7.05 Å². The van der Waals surface area contributed by atoms with Crippen molar-refractivity contribution in [1.82, 2.24) is 15.1 Å². The van der Waals surface area contributed by atoms with Gasteiger partial charge in [-0.25, -0.2) is 0 Å². The average Bonchev–Trinajstić information content (AvgIpc) is 2.79. The molecule has 1 heterocycles. The Balaban J connectivity index is 1.89.